The number of rotatable bonds is 4. The number of aryl methyl sites for hydroxylation is 2. The second-order valence-corrected chi connectivity index (χ2v) is 7.99. The summed E-state index contributed by atoms with van der Waals surface area (Å²) < 4.78 is 12.0. The molecule has 0 bridgehead atoms. The lowest BCUT2D eigenvalue weighted by Gasteiger charge is -2.36. The van der Waals surface area contributed by atoms with Crippen LogP contribution in [0.1, 0.15) is 40.0 Å². The van der Waals surface area contributed by atoms with E-state index in [4.69, 9.17) is 9.26 Å². The highest BCUT2D eigenvalue weighted by Crippen LogP contribution is 2.34. The second kappa shape index (κ2) is 8.05. The number of amides is 2. The molecule has 1 N–H and O–H groups in total. The summed E-state index contributed by atoms with van der Waals surface area (Å²) in [4.78, 5) is 35.1. The first-order chi connectivity index (χ1) is 15.9. The lowest BCUT2D eigenvalue weighted by molar-refractivity contribution is 0.0471. The van der Waals surface area contributed by atoms with E-state index in [2.05, 4.69) is 20.4 Å². The Morgan fingerprint density at radius 2 is 2.06 bits per heavy atom. The average Bonchev–Trinajstić information content (AvgIpc) is 3.41. The van der Waals surface area contributed by atoms with Crippen LogP contribution < -0.4 is 5.32 Å². The molecule has 33 heavy (non-hydrogen) atoms. The van der Waals surface area contributed by atoms with E-state index in [1.165, 1.54) is 12.0 Å². The number of anilines is 1. The number of benzene rings is 1. The van der Waals surface area contributed by atoms with E-state index in [1.807, 2.05) is 44.3 Å². The molecule has 1 atom stereocenters. The van der Waals surface area contributed by atoms with Gasteiger partial charge in [0.1, 0.15) is 17.4 Å². The fourth-order valence-corrected chi connectivity index (χ4v) is 3.80. The number of hydrogen-bond acceptors (Lipinski definition) is 7. The van der Waals surface area contributed by atoms with E-state index >= 15 is 0 Å². The minimum atomic E-state index is -0.422. The lowest BCUT2D eigenvalue weighted by Crippen LogP contribution is -2.45. The number of fused-ring (bicyclic) bond motifs is 1. The van der Waals surface area contributed by atoms with Crippen molar-refractivity contribution >= 4 is 23.3 Å². The largest absolute Gasteiger partial charge is 0.453 e. The number of aromatic nitrogens is 4. The van der Waals surface area contributed by atoms with Crippen LogP contribution in [-0.4, -0.2) is 50.1 Å². The van der Waals surface area contributed by atoms with E-state index in [0.29, 0.717) is 40.9 Å². The molecule has 0 radical (unpaired) electrons. The van der Waals surface area contributed by atoms with Crippen LogP contribution in [0.4, 0.5) is 10.5 Å². The number of likely N-dealkylation sites (tertiary alicyclic amines) is 1. The standard InChI is InChI=1S/C23H22N6O4/c1-13-4-7-19-24-11-18(29(19)12-13)21(30)25-16-10-15(6-5-14(16)2)20-26-22(33-27-20)17-8-9-28(17)23(31)32-3/h4-7,10-12,17H,8-9H2,1-3H3,(H,25,30). The summed E-state index contributed by atoms with van der Waals surface area (Å²) in [7, 11) is 1.34. The minimum absolute atomic E-state index is 0.273. The summed E-state index contributed by atoms with van der Waals surface area (Å²) >= 11 is 0. The van der Waals surface area contributed by atoms with E-state index < -0.39 is 6.09 Å². The van der Waals surface area contributed by atoms with Gasteiger partial charge in [0, 0.05) is 24.0 Å². The van der Waals surface area contributed by atoms with Gasteiger partial charge in [0.15, 0.2) is 0 Å². The molecular formula is C23H22N6O4. The molecule has 0 spiro atoms. The van der Waals surface area contributed by atoms with Crippen LogP contribution in [0.3, 0.4) is 0 Å². The third-order valence-electron chi connectivity index (χ3n) is 5.79. The van der Waals surface area contributed by atoms with Gasteiger partial charge in [-0.2, -0.15) is 4.98 Å². The zero-order valence-corrected chi connectivity index (χ0v) is 18.4. The van der Waals surface area contributed by atoms with E-state index in [1.54, 1.807) is 16.7 Å². The fraction of sp³-hybridized carbons (Fsp3) is 0.261. The van der Waals surface area contributed by atoms with Crippen LogP contribution in [0.2, 0.25) is 0 Å². The first kappa shape index (κ1) is 20.7. The number of imidazole rings is 1. The summed E-state index contributed by atoms with van der Waals surface area (Å²) in [5.41, 5.74) is 4.37. The summed E-state index contributed by atoms with van der Waals surface area (Å²) in [6, 6.07) is 9.07. The van der Waals surface area contributed by atoms with Crippen molar-refractivity contribution in [2.75, 3.05) is 19.0 Å². The number of ether oxygens (including phenoxy) is 1. The molecule has 4 aromatic rings. The number of carbonyl (C=O) groups is 2. The molecule has 5 rings (SSSR count). The Labute approximate surface area is 189 Å². The van der Waals surface area contributed by atoms with Crippen LogP contribution in [0.25, 0.3) is 17.0 Å². The van der Waals surface area contributed by atoms with Gasteiger partial charge in [-0.15, -0.1) is 0 Å². The molecule has 1 aromatic carbocycles. The highest BCUT2D eigenvalue weighted by atomic mass is 16.5. The summed E-state index contributed by atoms with van der Waals surface area (Å²) in [6.45, 7) is 4.45. The molecule has 10 heteroatoms. The molecule has 1 fully saturated rings. The van der Waals surface area contributed by atoms with E-state index in [0.717, 1.165) is 17.5 Å². The minimum Gasteiger partial charge on any atom is -0.453 e. The second-order valence-electron chi connectivity index (χ2n) is 7.99. The number of nitrogens with one attached hydrogen (secondary N) is 1. The van der Waals surface area contributed by atoms with E-state index in [9.17, 15) is 9.59 Å². The third-order valence-corrected chi connectivity index (χ3v) is 5.79. The number of nitrogens with zero attached hydrogens (tertiary/aromatic N) is 5. The Morgan fingerprint density at radius 1 is 1.21 bits per heavy atom. The van der Waals surface area contributed by atoms with Crippen molar-refractivity contribution in [3.8, 4) is 11.4 Å². The predicted octanol–water partition coefficient (Wildman–Crippen LogP) is 3.77. The van der Waals surface area contributed by atoms with Crippen molar-refractivity contribution in [3.05, 3.63) is 65.4 Å². The first-order valence-corrected chi connectivity index (χ1v) is 10.5. The van der Waals surface area contributed by atoms with Crippen LogP contribution in [-0.2, 0) is 4.74 Å². The molecular weight excluding hydrogens is 424 g/mol. The monoisotopic (exact) mass is 446 g/mol. The zero-order valence-electron chi connectivity index (χ0n) is 18.4. The van der Waals surface area contributed by atoms with Gasteiger partial charge in [0.25, 0.3) is 5.91 Å². The van der Waals surface area contributed by atoms with Crippen molar-refractivity contribution in [1.82, 2.24) is 24.4 Å². The van der Waals surface area contributed by atoms with Gasteiger partial charge in [-0.05, 0) is 43.5 Å². The molecule has 1 aliphatic heterocycles. The van der Waals surface area contributed by atoms with Gasteiger partial charge in [-0.25, -0.2) is 9.78 Å². The fourth-order valence-electron chi connectivity index (χ4n) is 3.80. The molecule has 1 aliphatic rings. The Kier molecular flexibility index (Phi) is 5.04. The van der Waals surface area contributed by atoms with Crippen molar-refractivity contribution in [2.24, 2.45) is 0 Å². The molecule has 1 unspecified atom stereocenters. The molecule has 0 aliphatic carbocycles. The van der Waals surface area contributed by atoms with Gasteiger partial charge in [0.2, 0.25) is 11.7 Å². The maximum absolute atomic E-state index is 13.0. The first-order valence-electron chi connectivity index (χ1n) is 10.5. The van der Waals surface area contributed by atoms with Gasteiger partial charge >= 0.3 is 6.09 Å². The number of carbonyl (C=O) groups excluding carboxylic acids is 2. The Morgan fingerprint density at radius 3 is 2.82 bits per heavy atom. The van der Waals surface area contributed by atoms with Crippen molar-refractivity contribution in [2.45, 2.75) is 26.3 Å². The molecule has 1 saturated heterocycles. The maximum atomic E-state index is 13.0. The quantitative estimate of drug-likeness (QED) is 0.507. The zero-order chi connectivity index (χ0) is 23.1. The summed E-state index contributed by atoms with van der Waals surface area (Å²) in [5, 5.41) is 7.03. The molecule has 168 valence electrons. The van der Waals surface area contributed by atoms with Crippen LogP contribution in [0.5, 0.6) is 0 Å². The third kappa shape index (κ3) is 3.69. The van der Waals surface area contributed by atoms with Crippen molar-refractivity contribution < 1.29 is 18.8 Å². The number of pyridine rings is 1. The molecule has 2 amide bonds. The van der Waals surface area contributed by atoms with Gasteiger partial charge in [-0.3, -0.25) is 14.1 Å². The SMILES string of the molecule is COC(=O)N1CCC1c1nc(-c2ccc(C)c(NC(=O)c3cnc4ccc(C)cn34)c2)no1. The van der Waals surface area contributed by atoms with E-state index in [-0.39, 0.29) is 11.9 Å². The van der Waals surface area contributed by atoms with Gasteiger partial charge in [-0.1, -0.05) is 23.4 Å². The van der Waals surface area contributed by atoms with Gasteiger partial charge in [0.05, 0.1) is 13.3 Å². The molecule has 10 nitrogen and oxygen atoms in total. The summed E-state index contributed by atoms with van der Waals surface area (Å²) in [5.74, 6) is 0.460. The predicted molar refractivity (Wildman–Crippen MR) is 119 cm³/mol. The maximum Gasteiger partial charge on any atom is 0.410 e. The number of methoxy groups -OCH3 is 1. The normalized spacial score (nSPS) is 15.4. The Hall–Kier alpha value is -4.21. The topological polar surface area (TPSA) is 115 Å². The van der Waals surface area contributed by atoms with Crippen LogP contribution in [0.15, 0.2) is 47.2 Å². The lowest BCUT2D eigenvalue weighted by atomic mass is 10.0. The van der Waals surface area contributed by atoms with Gasteiger partial charge < -0.3 is 14.6 Å². The van der Waals surface area contributed by atoms with Crippen LogP contribution >= 0.6 is 0 Å². The Balaban J connectivity index is 1.39. The molecule has 3 aromatic heterocycles. The average molecular weight is 446 g/mol. The van der Waals surface area contributed by atoms with Crippen LogP contribution in [0, 0.1) is 13.8 Å². The molecule has 4 heterocycles. The van der Waals surface area contributed by atoms with Crippen molar-refractivity contribution in [3.63, 3.8) is 0 Å². The highest BCUT2D eigenvalue weighted by molar-refractivity contribution is 6.04. The summed E-state index contributed by atoms with van der Waals surface area (Å²) in [6.07, 6.45) is 3.74. The Bertz CT molecular complexity index is 1370. The number of hydrogen-bond donors (Lipinski definition) is 1. The molecule has 0 saturated carbocycles. The highest BCUT2D eigenvalue weighted by Gasteiger charge is 2.38. The smallest absolute Gasteiger partial charge is 0.410 e. The van der Waals surface area contributed by atoms with Crippen molar-refractivity contribution in [1.29, 1.82) is 0 Å².